The zero-order valence-electron chi connectivity index (χ0n) is 14.5. The third kappa shape index (κ3) is 7.47. The molecule has 0 spiro atoms. The van der Waals surface area contributed by atoms with Gasteiger partial charge in [0.1, 0.15) is 0 Å². The molecule has 1 heteroatoms. The van der Waals surface area contributed by atoms with E-state index in [0.717, 1.165) is 44.1 Å². The van der Waals surface area contributed by atoms with Crippen LogP contribution in [-0.4, -0.2) is 10.7 Å². The van der Waals surface area contributed by atoms with Crippen LogP contribution >= 0.6 is 0 Å². The van der Waals surface area contributed by atoms with Crippen molar-refractivity contribution in [3.63, 3.8) is 0 Å². The van der Waals surface area contributed by atoms with Crippen molar-refractivity contribution in [1.29, 1.82) is 0 Å². The Morgan fingerprint density at radius 2 is 1.29 bits per heavy atom. The first-order valence-corrected chi connectivity index (χ1v) is 8.19. The Labute approximate surface area is 131 Å². The van der Waals surface area contributed by atoms with E-state index in [1.54, 1.807) is 0 Å². The first-order valence-electron chi connectivity index (χ1n) is 8.19. The van der Waals surface area contributed by atoms with Crippen LogP contribution in [0.15, 0.2) is 46.6 Å². The number of rotatable bonds is 1. The van der Waals surface area contributed by atoms with E-state index in [-0.39, 0.29) is 0 Å². The zero-order valence-corrected chi connectivity index (χ0v) is 14.5. The Morgan fingerprint density at radius 3 is 1.86 bits per heavy atom. The highest BCUT2D eigenvalue weighted by Gasteiger charge is 2.18. The predicted octanol–water partition coefficient (Wildman–Crippen LogP) is 5.88. The van der Waals surface area contributed by atoms with Gasteiger partial charge in [-0.3, -0.25) is 0 Å². The lowest BCUT2D eigenvalue weighted by Crippen LogP contribution is -2.22. The summed E-state index contributed by atoms with van der Waals surface area (Å²) in [6, 6.07) is 0. The van der Waals surface area contributed by atoms with E-state index >= 15 is 0 Å². The third-order valence-corrected chi connectivity index (χ3v) is 4.21. The lowest BCUT2D eigenvalue weighted by Gasteiger charge is -2.22. The summed E-state index contributed by atoms with van der Waals surface area (Å²) < 4.78 is 0. The van der Waals surface area contributed by atoms with Crippen LogP contribution in [0.4, 0.5) is 0 Å². The van der Waals surface area contributed by atoms with Crippen LogP contribution in [0.25, 0.3) is 0 Å². The van der Waals surface area contributed by atoms with Gasteiger partial charge in [-0.2, -0.15) is 0 Å². The van der Waals surface area contributed by atoms with Crippen LogP contribution in [0.1, 0.15) is 73.1 Å². The van der Waals surface area contributed by atoms with Gasteiger partial charge in [0.05, 0.1) is 5.60 Å². The van der Waals surface area contributed by atoms with E-state index in [4.69, 9.17) is 0 Å². The quantitative estimate of drug-likeness (QED) is 0.598. The minimum absolute atomic E-state index is 0.732. The van der Waals surface area contributed by atoms with E-state index in [0.29, 0.717) is 0 Å². The van der Waals surface area contributed by atoms with E-state index < -0.39 is 5.60 Å². The molecule has 0 aromatic rings. The minimum Gasteiger partial charge on any atom is -0.386 e. The average Bonchev–Trinajstić information content (AvgIpc) is 2.36. The number of allylic oxidation sites excluding steroid dienone is 7. The van der Waals surface area contributed by atoms with Gasteiger partial charge in [0.2, 0.25) is 0 Å². The summed E-state index contributed by atoms with van der Waals surface area (Å²) in [7, 11) is 0. The molecule has 0 fully saturated rings. The number of hydrogen-bond donors (Lipinski definition) is 1. The highest BCUT2D eigenvalue weighted by molar-refractivity contribution is 5.24. The Bertz CT molecular complexity index is 453. The molecule has 0 bridgehead atoms. The number of aliphatic hydroxyl groups is 1. The van der Waals surface area contributed by atoms with E-state index in [1.165, 1.54) is 16.7 Å². The fourth-order valence-corrected chi connectivity index (χ4v) is 2.55. The molecule has 0 radical (unpaired) electrons. The molecule has 118 valence electrons. The Kier molecular flexibility index (Phi) is 7.17. The van der Waals surface area contributed by atoms with E-state index in [9.17, 15) is 5.11 Å². The molecule has 0 amide bonds. The van der Waals surface area contributed by atoms with Gasteiger partial charge in [0, 0.05) is 0 Å². The van der Waals surface area contributed by atoms with E-state index in [2.05, 4.69) is 45.1 Å². The Hall–Kier alpha value is -1.08. The summed E-state index contributed by atoms with van der Waals surface area (Å²) in [6.07, 6.45) is 15.5. The first kappa shape index (κ1) is 18.0. The molecule has 0 aromatic carbocycles. The molecule has 0 aliphatic heterocycles. The predicted molar refractivity (Wildman–Crippen MR) is 93.4 cm³/mol. The Morgan fingerprint density at radius 1 is 0.762 bits per heavy atom. The molecule has 1 nitrogen and oxygen atoms in total. The van der Waals surface area contributed by atoms with Crippen LogP contribution in [0.3, 0.4) is 0 Å². The molecule has 0 saturated carbocycles. The largest absolute Gasteiger partial charge is 0.386 e. The molecule has 0 saturated heterocycles. The SMILES string of the molecule is CC1=CC=C(C(C)(C)O)CCC(C)=CCCC(C)=CCC1. The summed E-state index contributed by atoms with van der Waals surface area (Å²) >= 11 is 0. The van der Waals surface area contributed by atoms with Gasteiger partial charge in [-0.1, -0.05) is 41.0 Å². The maximum Gasteiger partial charge on any atom is 0.0803 e. The van der Waals surface area contributed by atoms with Crippen molar-refractivity contribution in [3.8, 4) is 0 Å². The summed E-state index contributed by atoms with van der Waals surface area (Å²) in [6.45, 7) is 10.4. The molecule has 1 aliphatic carbocycles. The standard InChI is InChI=1S/C20H32O/c1-16-8-6-10-17(2)12-14-19(20(4,5)21)15-13-18(3)11-7-9-16/h8,11-12,14,21H,6-7,9-10,13,15H2,1-5H3. The average molecular weight is 288 g/mol. The maximum absolute atomic E-state index is 10.3. The normalized spacial score (nSPS) is 19.9. The van der Waals surface area contributed by atoms with Crippen LogP contribution in [0.5, 0.6) is 0 Å². The highest BCUT2D eigenvalue weighted by Crippen LogP contribution is 2.24. The van der Waals surface area contributed by atoms with Gasteiger partial charge in [0.25, 0.3) is 0 Å². The molecule has 1 N–H and O–H groups in total. The van der Waals surface area contributed by atoms with Gasteiger partial charge in [-0.15, -0.1) is 0 Å². The van der Waals surface area contributed by atoms with Gasteiger partial charge in [-0.25, -0.2) is 0 Å². The molecule has 1 rings (SSSR count). The van der Waals surface area contributed by atoms with Crippen molar-refractivity contribution in [2.24, 2.45) is 0 Å². The molecular weight excluding hydrogens is 256 g/mol. The van der Waals surface area contributed by atoms with Gasteiger partial charge in [0.15, 0.2) is 0 Å². The summed E-state index contributed by atoms with van der Waals surface area (Å²) in [5.41, 5.74) is 4.70. The molecule has 0 atom stereocenters. The molecule has 21 heavy (non-hydrogen) atoms. The second-order valence-electron chi connectivity index (χ2n) is 6.94. The van der Waals surface area contributed by atoms with Crippen LogP contribution < -0.4 is 0 Å². The molecule has 0 unspecified atom stereocenters. The van der Waals surface area contributed by atoms with Crippen molar-refractivity contribution >= 4 is 0 Å². The summed E-state index contributed by atoms with van der Waals surface area (Å²) in [5.74, 6) is 0. The molecule has 0 aromatic heterocycles. The Balaban J connectivity index is 2.96. The van der Waals surface area contributed by atoms with Crippen molar-refractivity contribution in [1.82, 2.24) is 0 Å². The van der Waals surface area contributed by atoms with Crippen molar-refractivity contribution in [2.45, 2.75) is 78.7 Å². The zero-order chi connectivity index (χ0) is 15.9. The molecule has 1 aliphatic rings. The van der Waals surface area contributed by atoms with Crippen LogP contribution in [0.2, 0.25) is 0 Å². The fourth-order valence-electron chi connectivity index (χ4n) is 2.55. The van der Waals surface area contributed by atoms with E-state index in [1.807, 2.05) is 13.8 Å². The second kappa shape index (κ2) is 8.38. The fraction of sp³-hybridized carbons (Fsp3) is 0.600. The van der Waals surface area contributed by atoms with Crippen molar-refractivity contribution < 1.29 is 5.11 Å². The van der Waals surface area contributed by atoms with Gasteiger partial charge >= 0.3 is 0 Å². The second-order valence-corrected chi connectivity index (χ2v) is 6.94. The lowest BCUT2D eigenvalue weighted by atomic mass is 9.91. The topological polar surface area (TPSA) is 20.2 Å². The highest BCUT2D eigenvalue weighted by atomic mass is 16.3. The van der Waals surface area contributed by atoms with Gasteiger partial charge in [-0.05, 0) is 78.7 Å². The smallest absolute Gasteiger partial charge is 0.0803 e. The lowest BCUT2D eigenvalue weighted by molar-refractivity contribution is 0.116. The third-order valence-electron chi connectivity index (χ3n) is 4.21. The van der Waals surface area contributed by atoms with Gasteiger partial charge < -0.3 is 5.11 Å². The van der Waals surface area contributed by atoms with Crippen LogP contribution in [-0.2, 0) is 0 Å². The minimum atomic E-state index is -0.732. The summed E-state index contributed by atoms with van der Waals surface area (Å²) in [5, 5.41) is 10.3. The first-order chi connectivity index (χ1) is 9.79. The maximum atomic E-state index is 10.3. The monoisotopic (exact) mass is 288 g/mol. The van der Waals surface area contributed by atoms with Crippen molar-refractivity contribution in [3.05, 3.63) is 46.6 Å². The number of hydrogen-bond acceptors (Lipinski definition) is 1. The van der Waals surface area contributed by atoms with Crippen molar-refractivity contribution in [2.75, 3.05) is 0 Å². The van der Waals surface area contributed by atoms with Crippen LogP contribution in [0, 0.1) is 0 Å². The molecular formula is C20H32O. The summed E-state index contributed by atoms with van der Waals surface area (Å²) in [4.78, 5) is 0. The molecule has 0 heterocycles.